The molecule has 1 aromatic carbocycles. The van der Waals surface area contributed by atoms with E-state index in [1.165, 1.54) is 12.2 Å². The van der Waals surface area contributed by atoms with Crippen molar-refractivity contribution in [2.45, 2.75) is 6.92 Å². The summed E-state index contributed by atoms with van der Waals surface area (Å²) in [6.45, 7) is 4.08. The topological polar surface area (TPSA) is 74.2 Å². The minimum absolute atomic E-state index is 0.0434. The van der Waals surface area contributed by atoms with Crippen LogP contribution in [0.2, 0.25) is 0 Å². The number of piperazine rings is 1. The molecule has 0 aliphatic carbocycles. The molecule has 0 saturated carbocycles. The van der Waals surface area contributed by atoms with Gasteiger partial charge in [0.1, 0.15) is 17.5 Å². The molecule has 1 saturated heterocycles. The van der Waals surface area contributed by atoms with Gasteiger partial charge >= 0.3 is 0 Å². The van der Waals surface area contributed by atoms with E-state index < -0.39 is 11.6 Å². The van der Waals surface area contributed by atoms with Gasteiger partial charge in [-0.25, -0.2) is 13.8 Å². The van der Waals surface area contributed by atoms with Crippen LogP contribution in [0.25, 0.3) is 6.08 Å². The molecule has 7 nitrogen and oxygen atoms in total. The highest BCUT2D eigenvalue weighted by molar-refractivity contribution is 5.92. The molecule has 4 rings (SSSR count). The lowest BCUT2D eigenvalue weighted by Gasteiger charge is -2.34. The van der Waals surface area contributed by atoms with Crippen molar-refractivity contribution in [2.24, 2.45) is 0 Å². The zero-order valence-electron chi connectivity index (χ0n) is 17.5. The number of hydrogen-bond acceptors (Lipinski definition) is 6. The molecule has 1 amide bonds. The average Bonchev–Trinajstić information content (AvgIpc) is 2.80. The Morgan fingerprint density at radius 2 is 1.81 bits per heavy atom. The molecule has 2 aromatic heterocycles. The number of benzene rings is 1. The smallest absolute Gasteiger partial charge is 0.246 e. The first-order valence-corrected chi connectivity index (χ1v) is 10.2. The number of pyridine rings is 1. The fourth-order valence-electron chi connectivity index (χ4n) is 3.37. The van der Waals surface area contributed by atoms with Crippen LogP contribution >= 0.6 is 0 Å². The maximum absolute atomic E-state index is 13.7. The molecule has 164 valence electrons. The summed E-state index contributed by atoms with van der Waals surface area (Å²) in [5.41, 5.74) is 0.949. The van der Waals surface area contributed by atoms with Crippen LogP contribution in [0.5, 0.6) is 0 Å². The molecule has 9 heteroatoms. The molecule has 0 unspecified atom stereocenters. The van der Waals surface area contributed by atoms with Gasteiger partial charge in [0, 0.05) is 43.5 Å². The van der Waals surface area contributed by atoms with Crippen LogP contribution in [0.3, 0.4) is 0 Å². The zero-order valence-corrected chi connectivity index (χ0v) is 17.5. The second-order valence-electron chi connectivity index (χ2n) is 7.38. The Morgan fingerprint density at radius 3 is 2.53 bits per heavy atom. The summed E-state index contributed by atoms with van der Waals surface area (Å²) in [7, 11) is 0. The van der Waals surface area contributed by atoms with E-state index in [0.29, 0.717) is 37.8 Å². The number of anilines is 3. The van der Waals surface area contributed by atoms with Crippen molar-refractivity contribution in [3.63, 3.8) is 0 Å². The second-order valence-corrected chi connectivity index (χ2v) is 7.38. The molecule has 0 spiro atoms. The summed E-state index contributed by atoms with van der Waals surface area (Å²) >= 11 is 0. The summed E-state index contributed by atoms with van der Waals surface area (Å²) in [5.74, 6) is 0.641. The molecule has 1 N–H and O–H groups in total. The summed E-state index contributed by atoms with van der Waals surface area (Å²) in [5, 5.41) is 11.6. The number of aryl methyl sites for hydroxylation is 1. The van der Waals surface area contributed by atoms with Crippen molar-refractivity contribution < 1.29 is 13.6 Å². The molecule has 3 heterocycles. The molecular weight excluding hydrogens is 414 g/mol. The minimum Gasteiger partial charge on any atom is -0.352 e. The zero-order chi connectivity index (χ0) is 22.5. The van der Waals surface area contributed by atoms with E-state index in [4.69, 9.17) is 0 Å². The quantitative estimate of drug-likeness (QED) is 0.617. The van der Waals surface area contributed by atoms with E-state index >= 15 is 0 Å². The van der Waals surface area contributed by atoms with Gasteiger partial charge in [-0.15, -0.1) is 10.2 Å². The van der Waals surface area contributed by atoms with E-state index in [0.717, 1.165) is 29.7 Å². The number of amides is 1. The molecular formula is C23H22F2N6O. The number of rotatable bonds is 5. The number of carbonyl (C=O) groups excluding carboxylic acids is 1. The minimum atomic E-state index is -0.574. The van der Waals surface area contributed by atoms with Crippen molar-refractivity contribution in [1.29, 1.82) is 0 Å². The van der Waals surface area contributed by atoms with E-state index in [1.807, 2.05) is 42.2 Å². The Balaban J connectivity index is 1.31. The maximum atomic E-state index is 13.7. The van der Waals surface area contributed by atoms with E-state index in [1.54, 1.807) is 4.90 Å². The first-order valence-electron chi connectivity index (χ1n) is 10.2. The van der Waals surface area contributed by atoms with Crippen LogP contribution in [-0.2, 0) is 4.79 Å². The van der Waals surface area contributed by atoms with Gasteiger partial charge in [0.2, 0.25) is 5.91 Å². The van der Waals surface area contributed by atoms with Crippen LogP contribution in [0.4, 0.5) is 26.2 Å². The highest BCUT2D eigenvalue weighted by Crippen LogP contribution is 2.17. The third kappa shape index (κ3) is 5.23. The number of nitrogens with one attached hydrogen (secondary N) is 1. The van der Waals surface area contributed by atoms with E-state index in [2.05, 4.69) is 20.5 Å². The predicted molar refractivity (Wildman–Crippen MR) is 118 cm³/mol. The third-order valence-corrected chi connectivity index (χ3v) is 5.07. The summed E-state index contributed by atoms with van der Waals surface area (Å²) in [6, 6.07) is 12.5. The largest absolute Gasteiger partial charge is 0.352 e. The van der Waals surface area contributed by atoms with Gasteiger partial charge in [-0.2, -0.15) is 0 Å². The number of hydrogen-bond donors (Lipinski definition) is 1. The Morgan fingerprint density at radius 1 is 1.00 bits per heavy atom. The van der Waals surface area contributed by atoms with E-state index in [-0.39, 0.29) is 11.5 Å². The number of nitrogens with zero attached hydrogens (tertiary/aromatic N) is 5. The summed E-state index contributed by atoms with van der Waals surface area (Å²) in [4.78, 5) is 20.5. The molecule has 1 fully saturated rings. The van der Waals surface area contributed by atoms with Gasteiger partial charge in [-0.05, 0) is 55.5 Å². The lowest BCUT2D eigenvalue weighted by Crippen LogP contribution is -2.48. The number of halogens is 2. The van der Waals surface area contributed by atoms with Gasteiger partial charge < -0.3 is 15.1 Å². The Hall–Kier alpha value is -3.88. The predicted octanol–water partition coefficient (Wildman–Crippen LogP) is 3.56. The first kappa shape index (κ1) is 21.4. The monoisotopic (exact) mass is 436 g/mol. The Kier molecular flexibility index (Phi) is 6.34. The SMILES string of the molecule is Cc1cccc(Nc2ccc(N3CCN(C(=O)/C=C/c4cc(F)ccc4F)CC3)nn2)n1. The normalized spacial score (nSPS) is 14.1. The Labute approximate surface area is 184 Å². The van der Waals surface area contributed by atoms with Crippen LogP contribution in [0, 0.1) is 18.6 Å². The van der Waals surface area contributed by atoms with Crippen LogP contribution in [0.15, 0.2) is 54.6 Å². The lowest BCUT2D eigenvalue weighted by atomic mass is 10.2. The summed E-state index contributed by atoms with van der Waals surface area (Å²) < 4.78 is 27.0. The molecule has 0 radical (unpaired) electrons. The van der Waals surface area contributed by atoms with Crippen LogP contribution in [-0.4, -0.2) is 52.2 Å². The number of aromatic nitrogens is 3. The van der Waals surface area contributed by atoms with Crippen molar-refractivity contribution >= 4 is 29.4 Å². The fraction of sp³-hybridized carbons (Fsp3) is 0.217. The average molecular weight is 436 g/mol. The third-order valence-electron chi connectivity index (χ3n) is 5.07. The molecule has 3 aromatic rings. The van der Waals surface area contributed by atoms with Crippen molar-refractivity contribution in [3.05, 3.63) is 77.5 Å². The summed E-state index contributed by atoms with van der Waals surface area (Å²) in [6.07, 6.45) is 2.57. The van der Waals surface area contributed by atoms with E-state index in [9.17, 15) is 13.6 Å². The van der Waals surface area contributed by atoms with Crippen molar-refractivity contribution in [1.82, 2.24) is 20.1 Å². The molecule has 32 heavy (non-hydrogen) atoms. The van der Waals surface area contributed by atoms with Crippen LogP contribution < -0.4 is 10.2 Å². The molecule has 1 aliphatic rings. The van der Waals surface area contributed by atoms with Crippen LogP contribution in [0.1, 0.15) is 11.3 Å². The lowest BCUT2D eigenvalue weighted by molar-refractivity contribution is -0.126. The molecule has 0 bridgehead atoms. The van der Waals surface area contributed by atoms with Gasteiger partial charge in [0.25, 0.3) is 0 Å². The number of carbonyl (C=O) groups is 1. The Bertz CT molecular complexity index is 1130. The van der Waals surface area contributed by atoms with Crippen molar-refractivity contribution in [3.8, 4) is 0 Å². The van der Waals surface area contributed by atoms with Gasteiger partial charge in [-0.3, -0.25) is 4.79 Å². The highest BCUT2D eigenvalue weighted by Gasteiger charge is 2.21. The highest BCUT2D eigenvalue weighted by atomic mass is 19.1. The van der Waals surface area contributed by atoms with Gasteiger partial charge in [0.05, 0.1) is 0 Å². The van der Waals surface area contributed by atoms with Crippen molar-refractivity contribution in [2.75, 3.05) is 36.4 Å². The second kappa shape index (κ2) is 9.51. The molecule has 0 atom stereocenters. The van der Waals surface area contributed by atoms with Gasteiger partial charge in [0.15, 0.2) is 11.6 Å². The fourth-order valence-corrected chi connectivity index (χ4v) is 3.37. The standard InChI is InChI=1S/C23H22F2N6O/c1-16-3-2-4-20(26-16)27-21-8-9-22(29-28-21)30-11-13-31(14-12-30)23(32)10-5-17-15-18(24)6-7-19(17)25/h2-10,15H,11-14H2,1H3,(H,26,27,28)/b10-5+. The maximum Gasteiger partial charge on any atom is 0.246 e. The molecule has 1 aliphatic heterocycles. The first-order chi connectivity index (χ1) is 15.5. The van der Waals surface area contributed by atoms with Gasteiger partial charge in [-0.1, -0.05) is 6.07 Å².